The molecule has 1 aromatic carbocycles. The van der Waals surface area contributed by atoms with Crippen LogP contribution < -0.4 is 4.74 Å². The van der Waals surface area contributed by atoms with Crippen LogP contribution in [-0.4, -0.2) is 29.1 Å². The van der Waals surface area contributed by atoms with Crippen LogP contribution in [0.15, 0.2) is 16.7 Å². The molecule has 22 heavy (non-hydrogen) atoms. The number of ether oxygens (including phenoxy) is 2. The molecule has 1 saturated heterocycles. The summed E-state index contributed by atoms with van der Waals surface area (Å²) in [7, 11) is 1.66. The van der Waals surface area contributed by atoms with Gasteiger partial charge in [0.05, 0.1) is 41.2 Å². The number of hydrogen-bond acceptors (Lipinski definition) is 3. The van der Waals surface area contributed by atoms with Crippen molar-refractivity contribution in [1.82, 2.24) is 9.78 Å². The minimum atomic E-state index is -0.672. The first kappa shape index (κ1) is 15.3. The lowest BCUT2D eigenvalue weighted by Gasteiger charge is -2.28. The molecule has 1 aliphatic heterocycles. The monoisotopic (exact) mass is 385 g/mol. The van der Waals surface area contributed by atoms with Gasteiger partial charge in [0.2, 0.25) is 5.69 Å². The van der Waals surface area contributed by atoms with E-state index in [-0.39, 0.29) is 28.1 Å². The third-order valence-corrected chi connectivity index (χ3v) is 4.16. The van der Waals surface area contributed by atoms with Crippen LogP contribution in [0.5, 0.6) is 5.75 Å². The van der Waals surface area contributed by atoms with Crippen molar-refractivity contribution in [3.8, 4) is 17.0 Å². The van der Waals surface area contributed by atoms with Gasteiger partial charge in [-0.3, -0.25) is 4.68 Å². The van der Waals surface area contributed by atoms with Crippen LogP contribution in [0.25, 0.3) is 16.1 Å². The van der Waals surface area contributed by atoms with Crippen molar-refractivity contribution in [3.63, 3.8) is 0 Å². The van der Waals surface area contributed by atoms with Gasteiger partial charge in [-0.25, -0.2) is 9.24 Å². The molecule has 1 aromatic heterocycles. The SMILES string of the molecule is [C-]#[N+]c1c(OC2COC2)cc(Cl)c(F)c1-c1c(Br)cnn1C. The summed E-state index contributed by atoms with van der Waals surface area (Å²) in [5, 5.41) is 3.95. The van der Waals surface area contributed by atoms with Gasteiger partial charge in [0.1, 0.15) is 17.7 Å². The Balaban J connectivity index is 2.21. The Kier molecular flexibility index (Phi) is 4.08. The summed E-state index contributed by atoms with van der Waals surface area (Å²) in [4.78, 5) is 3.45. The van der Waals surface area contributed by atoms with Crippen molar-refractivity contribution >= 4 is 33.2 Å². The maximum Gasteiger partial charge on any atom is 0.240 e. The molecule has 0 spiro atoms. The van der Waals surface area contributed by atoms with Crippen molar-refractivity contribution < 1.29 is 13.9 Å². The number of halogens is 3. The second-order valence-electron chi connectivity index (χ2n) is 4.75. The van der Waals surface area contributed by atoms with E-state index in [1.165, 1.54) is 16.9 Å². The highest BCUT2D eigenvalue weighted by molar-refractivity contribution is 9.10. The number of aromatic nitrogens is 2. The van der Waals surface area contributed by atoms with E-state index in [1.54, 1.807) is 7.05 Å². The van der Waals surface area contributed by atoms with Crippen LogP contribution in [0, 0.1) is 12.4 Å². The van der Waals surface area contributed by atoms with Gasteiger partial charge in [0, 0.05) is 12.6 Å². The van der Waals surface area contributed by atoms with E-state index in [1.807, 2.05) is 0 Å². The number of benzene rings is 1. The van der Waals surface area contributed by atoms with Crippen molar-refractivity contribution in [2.24, 2.45) is 7.05 Å². The standard InChI is InChI=1S/C14H10BrClFN3O2/c1-18-13-10(22-7-5-21-6-7)3-9(16)12(17)11(13)14-8(15)4-19-20(14)2/h3-4,7H,5-6H2,2H3. The average Bonchev–Trinajstić information content (AvgIpc) is 2.77. The van der Waals surface area contributed by atoms with E-state index in [0.717, 1.165) is 0 Å². The summed E-state index contributed by atoms with van der Waals surface area (Å²) in [5.74, 6) is -0.424. The third kappa shape index (κ3) is 2.47. The molecule has 1 aliphatic rings. The minimum absolute atomic E-state index is 0.0677. The zero-order valence-electron chi connectivity index (χ0n) is 11.4. The molecule has 0 bridgehead atoms. The van der Waals surface area contributed by atoms with Crippen LogP contribution in [-0.2, 0) is 11.8 Å². The molecule has 2 heterocycles. The first-order valence-corrected chi connectivity index (χ1v) is 7.51. The molecule has 114 valence electrons. The number of hydrogen-bond donors (Lipinski definition) is 0. The van der Waals surface area contributed by atoms with Gasteiger partial charge in [-0.05, 0) is 22.0 Å². The molecule has 0 saturated carbocycles. The van der Waals surface area contributed by atoms with E-state index in [4.69, 9.17) is 27.6 Å². The van der Waals surface area contributed by atoms with Crippen LogP contribution >= 0.6 is 27.5 Å². The second kappa shape index (κ2) is 5.88. The fourth-order valence-electron chi connectivity index (χ4n) is 2.16. The molecule has 0 unspecified atom stereocenters. The highest BCUT2D eigenvalue weighted by atomic mass is 79.9. The van der Waals surface area contributed by atoms with Crippen LogP contribution in [0.1, 0.15) is 0 Å². The highest BCUT2D eigenvalue weighted by Crippen LogP contribution is 2.45. The Bertz CT molecular complexity index is 764. The molecular weight excluding hydrogens is 377 g/mol. The van der Waals surface area contributed by atoms with Crippen LogP contribution in [0.2, 0.25) is 5.02 Å². The van der Waals surface area contributed by atoms with E-state index in [0.29, 0.717) is 23.4 Å². The molecule has 2 aromatic rings. The fraction of sp³-hybridized carbons (Fsp3) is 0.286. The van der Waals surface area contributed by atoms with Crippen molar-refractivity contribution in [2.75, 3.05) is 13.2 Å². The Morgan fingerprint density at radius 1 is 1.59 bits per heavy atom. The number of aryl methyl sites for hydroxylation is 1. The summed E-state index contributed by atoms with van der Waals surface area (Å²) in [6.07, 6.45) is 1.38. The average molecular weight is 387 g/mol. The van der Waals surface area contributed by atoms with Gasteiger partial charge in [0.15, 0.2) is 0 Å². The Hall–Kier alpha value is -1.62. The second-order valence-corrected chi connectivity index (χ2v) is 6.01. The summed E-state index contributed by atoms with van der Waals surface area (Å²) in [5.41, 5.74) is 0.573. The van der Waals surface area contributed by atoms with Crippen molar-refractivity contribution in [3.05, 3.63) is 39.0 Å². The lowest BCUT2D eigenvalue weighted by Crippen LogP contribution is -2.38. The topological polar surface area (TPSA) is 40.6 Å². The first-order valence-electron chi connectivity index (χ1n) is 6.34. The summed E-state index contributed by atoms with van der Waals surface area (Å²) >= 11 is 9.30. The summed E-state index contributed by atoms with van der Waals surface area (Å²) < 4.78 is 27.3. The van der Waals surface area contributed by atoms with Crippen molar-refractivity contribution in [2.45, 2.75) is 6.10 Å². The Labute approximate surface area is 139 Å². The number of nitrogens with zero attached hydrogens (tertiary/aromatic N) is 3. The quantitative estimate of drug-likeness (QED) is 0.750. The molecule has 3 rings (SSSR count). The summed E-state index contributed by atoms with van der Waals surface area (Å²) in [6, 6.07) is 1.33. The molecule has 0 atom stereocenters. The maximum absolute atomic E-state index is 14.6. The van der Waals surface area contributed by atoms with E-state index >= 15 is 0 Å². The third-order valence-electron chi connectivity index (χ3n) is 3.30. The zero-order valence-corrected chi connectivity index (χ0v) is 13.8. The summed E-state index contributed by atoms with van der Waals surface area (Å²) in [6.45, 7) is 8.30. The molecule has 1 fully saturated rings. The van der Waals surface area contributed by atoms with E-state index < -0.39 is 5.82 Å². The Morgan fingerprint density at radius 3 is 2.82 bits per heavy atom. The molecule has 0 radical (unpaired) electrons. The normalized spacial score (nSPS) is 14.5. The van der Waals surface area contributed by atoms with E-state index in [9.17, 15) is 4.39 Å². The molecular formula is C14H10BrClFN3O2. The van der Waals surface area contributed by atoms with Crippen molar-refractivity contribution in [1.29, 1.82) is 0 Å². The molecule has 0 amide bonds. The van der Waals surface area contributed by atoms with Gasteiger partial charge in [-0.15, -0.1) is 0 Å². The van der Waals surface area contributed by atoms with Gasteiger partial charge in [-0.1, -0.05) is 11.6 Å². The van der Waals surface area contributed by atoms with Gasteiger partial charge in [0.25, 0.3) is 0 Å². The fourth-order valence-corrected chi connectivity index (χ4v) is 2.90. The van der Waals surface area contributed by atoms with Gasteiger partial charge >= 0.3 is 0 Å². The highest BCUT2D eigenvalue weighted by Gasteiger charge is 2.27. The van der Waals surface area contributed by atoms with Gasteiger partial charge < -0.3 is 9.47 Å². The molecule has 0 N–H and O–H groups in total. The number of rotatable bonds is 3. The lowest BCUT2D eigenvalue weighted by molar-refractivity contribution is -0.0793. The smallest absolute Gasteiger partial charge is 0.240 e. The molecule has 5 nitrogen and oxygen atoms in total. The van der Waals surface area contributed by atoms with Crippen LogP contribution in [0.4, 0.5) is 10.1 Å². The largest absolute Gasteiger partial charge is 0.497 e. The maximum atomic E-state index is 14.6. The van der Waals surface area contributed by atoms with Crippen LogP contribution in [0.3, 0.4) is 0 Å². The predicted molar refractivity (Wildman–Crippen MR) is 82.8 cm³/mol. The molecule has 0 aliphatic carbocycles. The molecule has 8 heteroatoms. The first-order chi connectivity index (χ1) is 10.5. The zero-order chi connectivity index (χ0) is 15.9. The lowest BCUT2D eigenvalue weighted by atomic mass is 10.1. The Morgan fingerprint density at radius 2 is 2.32 bits per heavy atom. The van der Waals surface area contributed by atoms with Gasteiger partial charge in [-0.2, -0.15) is 5.10 Å². The van der Waals surface area contributed by atoms with E-state index in [2.05, 4.69) is 25.9 Å². The minimum Gasteiger partial charge on any atom is -0.497 e. The predicted octanol–water partition coefficient (Wildman–Crippen LogP) is 3.97.